The van der Waals surface area contributed by atoms with Crippen LogP contribution >= 0.6 is 12.4 Å². The SMILES string of the molecule is Cl.Nc1cc(F)ccc1B(O)O. The standard InChI is InChI=1S/C6H7BFNO2.ClH/c8-4-1-2-5(7(10)11)6(9)3-4;/h1-3,10-11H,9H2;1H. The van der Waals surface area contributed by atoms with E-state index in [-0.39, 0.29) is 23.6 Å². The zero-order valence-electron chi connectivity index (χ0n) is 6.07. The number of halogens is 2. The first-order valence-electron chi connectivity index (χ1n) is 3.02. The lowest BCUT2D eigenvalue weighted by Gasteiger charge is -2.02. The van der Waals surface area contributed by atoms with Crippen molar-refractivity contribution in [1.29, 1.82) is 0 Å². The van der Waals surface area contributed by atoms with E-state index in [1.165, 1.54) is 6.07 Å². The molecule has 0 aliphatic carbocycles. The second kappa shape index (κ2) is 4.30. The van der Waals surface area contributed by atoms with Crippen molar-refractivity contribution >= 4 is 30.7 Å². The Morgan fingerprint density at radius 3 is 2.33 bits per heavy atom. The molecule has 0 heterocycles. The molecule has 6 heteroatoms. The van der Waals surface area contributed by atoms with Crippen LogP contribution in [0.4, 0.5) is 10.1 Å². The first-order valence-corrected chi connectivity index (χ1v) is 3.02. The Morgan fingerprint density at radius 1 is 1.33 bits per heavy atom. The van der Waals surface area contributed by atoms with E-state index in [0.717, 1.165) is 12.1 Å². The van der Waals surface area contributed by atoms with E-state index in [9.17, 15) is 4.39 Å². The van der Waals surface area contributed by atoms with Crippen LogP contribution in [0, 0.1) is 5.82 Å². The fourth-order valence-corrected chi connectivity index (χ4v) is 0.781. The highest BCUT2D eigenvalue weighted by Crippen LogP contribution is 2.02. The lowest BCUT2D eigenvalue weighted by atomic mass is 9.79. The van der Waals surface area contributed by atoms with E-state index in [0.29, 0.717) is 0 Å². The molecule has 0 aliphatic heterocycles. The van der Waals surface area contributed by atoms with Crippen molar-refractivity contribution in [3.05, 3.63) is 24.0 Å². The highest BCUT2D eigenvalue weighted by atomic mass is 35.5. The highest BCUT2D eigenvalue weighted by molar-refractivity contribution is 6.60. The van der Waals surface area contributed by atoms with Crippen LogP contribution in [0.3, 0.4) is 0 Å². The van der Waals surface area contributed by atoms with E-state index < -0.39 is 12.9 Å². The molecule has 1 aromatic carbocycles. The van der Waals surface area contributed by atoms with Crippen LogP contribution in [0.2, 0.25) is 0 Å². The summed E-state index contributed by atoms with van der Waals surface area (Å²) in [7, 11) is -1.64. The van der Waals surface area contributed by atoms with Gasteiger partial charge in [0.05, 0.1) is 0 Å². The first-order chi connectivity index (χ1) is 5.11. The monoisotopic (exact) mass is 191 g/mol. The molecule has 4 N–H and O–H groups in total. The van der Waals surface area contributed by atoms with Crippen LogP contribution in [-0.2, 0) is 0 Å². The number of hydrogen-bond donors (Lipinski definition) is 3. The first kappa shape index (κ1) is 11.2. The third-order valence-electron chi connectivity index (χ3n) is 1.33. The molecule has 0 atom stereocenters. The molecule has 3 nitrogen and oxygen atoms in total. The summed E-state index contributed by atoms with van der Waals surface area (Å²) in [5.74, 6) is -0.494. The van der Waals surface area contributed by atoms with Gasteiger partial charge in [0.1, 0.15) is 5.82 Å². The average Bonchev–Trinajstić information content (AvgIpc) is 1.85. The summed E-state index contributed by atoms with van der Waals surface area (Å²) in [5.41, 5.74) is 5.42. The molecule has 12 heavy (non-hydrogen) atoms. The Hall–Kier alpha value is -0.775. The normalized spacial score (nSPS) is 8.92. The van der Waals surface area contributed by atoms with Crippen molar-refractivity contribution in [2.75, 3.05) is 5.73 Å². The number of rotatable bonds is 1. The van der Waals surface area contributed by atoms with E-state index in [4.69, 9.17) is 15.8 Å². The van der Waals surface area contributed by atoms with Crippen molar-refractivity contribution in [3.8, 4) is 0 Å². The quantitative estimate of drug-likeness (QED) is 0.414. The fraction of sp³-hybridized carbons (Fsp3) is 0. The maximum atomic E-state index is 12.4. The van der Waals surface area contributed by atoms with Crippen molar-refractivity contribution in [1.82, 2.24) is 0 Å². The molecule has 0 fully saturated rings. The van der Waals surface area contributed by atoms with Crippen molar-refractivity contribution in [3.63, 3.8) is 0 Å². The minimum absolute atomic E-state index is 0. The molecule has 0 spiro atoms. The second-order valence-electron chi connectivity index (χ2n) is 2.15. The van der Waals surface area contributed by atoms with E-state index in [1.807, 2.05) is 0 Å². The third kappa shape index (κ3) is 2.37. The third-order valence-corrected chi connectivity index (χ3v) is 1.33. The van der Waals surface area contributed by atoms with Gasteiger partial charge in [-0.25, -0.2) is 4.39 Å². The molecule has 0 unspecified atom stereocenters. The minimum Gasteiger partial charge on any atom is -0.423 e. The number of hydrogen-bond acceptors (Lipinski definition) is 3. The van der Waals surface area contributed by atoms with Crippen LogP contribution in [-0.4, -0.2) is 17.2 Å². The lowest BCUT2D eigenvalue weighted by molar-refractivity contribution is 0.426. The predicted molar refractivity (Wildman–Crippen MR) is 47.9 cm³/mol. The van der Waals surface area contributed by atoms with Gasteiger partial charge in [-0.2, -0.15) is 0 Å². The van der Waals surface area contributed by atoms with Gasteiger partial charge in [0.25, 0.3) is 0 Å². The Balaban J connectivity index is 0.00000121. The summed E-state index contributed by atoms with van der Waals surface area (Å²) in [4.78, 5) is 0. The van der Waals surface area contributed by atoms with Crippen molar-refractivity contribution < 1.29 is 14.4 Å². The van der Waals surface area contributed by atoms with Gasteiger partial charge in [-0.05, 0) is 12.1 Å². The summed E-state index contributed by atoms with van der Waals surface area (Å²) in [6.07, 6.45) is 0. The molecule has 1 aromatic rings. The number of benzene rings is 1. The maximum Gasteiger partial charge on any atom is 0.490 e. The molecule has 0 bridgehead atoms. The van der Waals surface area contributed by atoms with Gasteiger partial charge in [0.2, 0.25) is 0 Å². The van der Waals surface area contributed by atoms with Gasteiger partial charge < -0.3 is 15.8 Å². The van der Waals surface area contributed by atoms with Gasteiger partial charge in [-0.1, -0.05) is 6.07 Å². The molecular formula is C6H8BClFNO2. The van der Waals surface area contributed by atoms with Crippen LogP contribution in [0.5, 0.6) is 0 Å². The van der Waals surface area contributed by atoms with E-state index >= 15 is 0 Å². The number of anilines is 1. The van der Waals surface area contributed by atoms with Gasteiger partial charge >= 0.3 is 7.12 Å². The maximum absolute atomic E-state index is 12.4. The highest BCUT2D eigenvalue weighted by Gasteiger charge is 2.14. The molecule has 0 amide bonds. The molecule has 0 saturated heterocycles. The fourth-order valence-electron chi connectivity index (χ4n) is 0.781. The van der Waals surface area contributed by atoms with Crippen molar-refractivity contribution in [2.45, 2.75) is 0 Å². The Labute approximate surface area is 75.6 Å². The van der Waals surface area contributed by atoms with Crippen LogP contribution < -0.4 is 11.2 Å². The molecule has 0 aliphatic rings. The summed E-state index contributed by atoms with van der Waals surface area (Å²) in [5, 5.41) is 17.3. The van der Waals surface area contributed by atoms with Crippen LogP contribution in [0.1, 0.15) is 0 Å². The van der Waals surface area contributed by atoms with Gasteiger partial charge in [0.15, 0.2) is 0 Å². The summed E-state index contributed by atoms with van der Waals surface area (Å²) in [6.45, 7) is 0. The van der Waals surface area contributed by atoms with Crippen LogP contribution in [0.25, 0.3) is 0 Å². The zero-order chi connectivity index (χ0) is 8.43. The van der Waals surface area contributed by atoms with Gasteiger partial charge in [0, 0.05) is 11.2 Å². The minimum atomic E-state index is -1.64. The Morgan fingerprint density at radius 2 is 1.92 bits per heavy atom. The second-order valence-corrected chi connectivity index (χ2v) is 2.15. The molecule has 0 aromatic heterocycles. The molecule has 0 radical (unpaired) electrons. The van der Waals surface area contributed by atoms with E-state index in [1.54, 1.807) is 0 Å². The lowest BCUT2D eigenvalue weighted by Crippen LogP contribution is -2.32. The molecule has 1 rings (SSSR count). The number of nitrogen functional groups attached to an aromatic ring is 1. The summed E-state index contributed by atoms with van der Waals surface area (Å²) < 4.78 is 12.4. The topological polar surface area (TPSA) is 66.5 Å². The predicted octanol–water partition coefficient (Wildman–Crippen LogP) is -0.490. The summed E-state index contributed by atoms with van der Waals surface area (Å²) >= 11 is 0. The largest absolute Gasteiger partial charge is 0.490 e. The Bertz CT molecular complexity index is 272. The summed E-state index contributed by atoms with van der Waals surface area (Å²) in [6, 6.07) is 3.38. The molecule has 0 saturated carbocycles. The van der Waals surface area contributed by atoms with E-state index in [2.05, 4.69) is 0 Å². The molecule has 66 valence electrons. The van der Waals surface area contributed by atoms with Gasteiger partial charge in [-0.15, -0.1) is 12.4 Å². The number of nitrogens with two attached hydrogens (primary N) is 1. The Kier molecular flexibility index (Phi) is 4.02. The van der Waals surface area contributed by atoms with Crippen LogP contribution in [0.15, 0.2) is 18.2 Å². The van der Waals surface area contributed by atoms with Crippen molar-refractivity contribution in [2.24, 2.45) is 0 Å². The van der Waals surface area contributed by atoms with Gasteiger partial charge in [-0.3, -0.25) is 0 Å². The zero-order valence-corrected chi connectivity index (χ0v) is 6.88. The molecular weight excluding hydrogens is 183 g/mol. The average molecular weight is 191 g/mol. The smallest absolute Gasteiger partial charge is 0.423 e.